The molecule has 18 heavy (non-hydrogen) atoms. The van der Waals surface area contributed by atoms with Crippen LogP contribution in [0.4, 0.5) is 5.69 Å². The Morgan fingerprint density at radius 3 is 2.67 bits per heavy atom. The van der Waals surface area contributed by atoms with E-state index >= 15 is 0 Å². The van der Waals surface area contributed by atoms with Gasteiger partial charge in [-0.15, -0.1) is 0 Å². The first-order valence-electron chi connectivity index (χ1n) is 5.14. The molecule has 0 fully saturated rings. The van der Waals surface area contributed by atoms with Gasteiger partial charge in [0.15, 0.2) is 0 Å². The van der Waals surface area contributed by atoms with E-state index in [2.05, 4.69) is 5.32 Å². The van der Waals surface area contributed by atoms with Gasteiger partial charge in [0.1, 0.15) is 5.69 Å². The van der Waals surface area contributed by atoms with Crippen molar-refractivity contribution >= 4 is 17.6 Å². The second-order valence-corrected chi connectivity index (χ2v) is 3.92. The number of aromatic nitrogens is 1. The van der Waals surface area contributed by atoms with E-state index in [0.717, 1.165) is 6.07 Å². The van der Waals surface area contributed by atoms with Gasteiger partial charge in [0.25, 0.3) is 11.6 Å². The van der Waals surface area contributed by atoms with Gasteiger partial charge in [-0.3, -0.25) is 19.7 Å². The molecule has 0 bridgehead atoms. The number of nitrogens with one attached hydrogen (secondary N) is 1. The zero-order valence-electron chi connectivity index (χ0n) is 9.91. The minimum absolute atomic E-state index is 0.110. The van der Waals surface area contributed by atoms with Gasteiger partial charge < -0.3 is 15.0 Å². The van der Waals surface area contributed by atoms with Crippen LogP contribution in [0.25, 0.3) is 0 Å². The number of hydrogen-bond acceptors (Lipinski definition) is 4. The van der Waals surface area contributed by atoms with E-state index in [9.17, 15) is 19.7 Å². The molecule has 0 aliphatic heterocycles. The Labute approximate surface area is 102 Å². The first kappa shape index (κ1) is 13.7. The molecule has 1 aromatic heterocycles. The van der Waals surface area contributed by atoms with Crippen LogP contribution in [-0.4, -0.2) is 32.5 Å². The highest BCUT2D eigenvalue weighted by molar-refractivity contribution is 5.93. The Morgan fingerprint density at radius 1 is 1.61 bits per heavy atom. The van der Waals surface area contributed by atoms with Gasteiger partial charge in [0.2, 0.25) is 0 Å². The summed E-state index contributed by atoms with van der Waals surface area (Å²) in [5.41, 5.74) is -0.0764. The quantitative estimate of drug-likeness (QED) is 0.588. The van der Waals surface area contributed by atoms with Crippen molar-refractivity contribution in [1.82, 2.24) is 9.88 Å². The molecule has 98 valence electrons. The fourth-order valence-electron chi connectivity index (χ4n) is 1.48. The number of carbonyl (C=O) groups is 2. The maximum atomic E-state index is 11.7. The number of carboxylic acids is 1. The molecule has 0 aliphatic rings. The molecule has 1 rings (SSSR count). The molecule has 0 radical (unpaired) electrons. The first-order valence-corrected chi connectivity index (χ1v) is 5.14. The van der Waals surface area contributed by atoms with E-state index in [1.54, 1.807) is 6.92 Å². The summed E-state index contributed by atoms with van der Waals surface area (Å²) in [7, 11) is 1.50. The van der Waals surface area contributed by atoms with E-state index in [4.69, 9.17) is 5.11 Å². The highest BCUT2D eigenvalue weighted by Crippen LogP contribution is 2.15. The largest absolute Gasteiger partial charge is 0.481 e. The monoisotopic (exact) mass is 255 g/mol. The molecular weight excluding hydrogens is 242 g/mol. The Morgan fingerprint density at radius 2 is 2.22 bits per heavy atom. The van der Waals surface area contributed by atoms with Crippen molar-refractivity contribution in [3.05, 3.63) is 28.1 Å². The van der Waals surface area contributed by atoms with Crippen LogP contribution < -0.4 is 5.32 Å². The number of nitro groups is 1. The van der Waals surface area contributed by atoms with Crippen molar-refractivity contribution < 1.29 is 19.6 Å². The molecule has 0 aromatic carbocycles. The SMILES string of the molecule is CC(CC(=O)O)NC(=O)c1cc([N+](=O)[O-])cn1C. The third-order valence-corrected chi connectivity index (χ3v) is 2.29. The van der Waals surface area contributed by atoms with Gasteiger partial charge in [-0.25, -0.2) is 0 Å². The van der Waals surface area contributed by atoms with Crippen molar-refractivity contribution in [2.24, 2.45) is 7.05 Å². The number of carbonyl (C=O) groups excluding carboxylic acids is 1. The standard InChI is InChI=1S/C10H13N3O5/c1-6(3-9(14)15)11-10(16)8-4-7(13(17)18)5-12(8)2/h4-6H,3H2,1-2H3,(H,11,16)(H,14,15). The summed E-state index contributed by atoms with van der Waals surface area (Å²) in [6, 6.07) is 0.590. The fraction of sp³-hybridized carbons (Fsp3) is 0.400. The lowest BCUT2D eigenvalue weighted by Crippen LogP contribution is -2.35. The maximum absolute atomic E-state index is 11.7. The summed E-state index contributed by atoms with van der Waals surface area (Å²) >= 11 is 0. The van der Waals surface area contributed by atoms with Crippen molar-refractivity contribution in [2.45, 2.75) is 19.4 Å². The van der Waals surface area contributed by atoms with Crippen LogP contribution in [0.15, 0.2) is 12.3 Å². The molecular formula is C10H13N3O5. The molecule has 1 atom stereocenters. The van der Waals surface area contributed by atoms with Gasteiger partial charge in [0, 0.05) is 19.2 Å². The lowest BCUT2D eigenvalue weighted by molar-refractivity contribution is -0.384. The second kappa shape index (κ2) is 5.30. The van der Waals surface area contributed by atoms with E-state index in [-0.39, 0.29) is 17.8 Å². The Bertz CT molecular complexity index is 494. The molecule has 1 amide bonds. The predicted molar refractivity (Wildman–Crippen MR) is 61.2 cm³/mol. The Hall–Kier alpha value is -2.38. The lowest BCUT2D eigenvalue weighted by Gasteiger charge is -2.11. The molecule has 1 unspecified atom stereocenters. The molecule has 1 heterocycles. The number of hydrogen-bond donors (Lipinski definition) is 2. The van der Waals surface area contributed by atoms with Gasteiger partial charge in [-0.1, -0.05) is 0 Å². The highest BCUT2D eigenvalue weighted by atomic mass is 16.6. The van der Waals surface area contributed by atoms with Crippen LogP contribution in [0.1, 0.15) is 23.8 Å². The van der Waals surface area contributed by atoms with Crippen LogP contribution in [0, 0.1) is 10.1 Å². The lowest BCUT2D eigenvalue weighted by atomic mass is 10.2. The number of amides is 1. The van der Waals surface area contributed by atoms with Crippen LogP contribution in [0.2, 0.25) is 0 Å². The zero-order chi connectivity index (χ0) is 13.9. The summed E-state index contributed by atoms with van der Waals surface area (Å²) < 4.78 is 1.32. The minimum Gasteiger partial charge on any atom is -0.481 e. The third-order valence-electron chi connectivity index (χ3n) is 2.29. The molecule has 0 spiro atoms. The Kier molecular flexibility index (Phi) is 4.03. The summed E-state index contributed by atoms with van der Waals surface area (Å²) in [5, 5.41) is 21.5. The summed E-state index contributed by atoms with van der Waals surface area (Å²) in [6.07, 6.45) is 1.01. The summed E-state index contributed by atoms with van der Waals surface area (Å²) in [6.45, 7) is 1.55. The number of aryl methyl sites for hydroxylation is 1. The number of nitrogens with zero attached hydrogens (tertiary/aromatic N) is 2. The van der Waals surface area contributed by atoms with Gasteiger partial charge in [0.05, 0.1) is 17.5 Å². The number of rotatable bonds is 5. The molecule has 0 saturated carbocycles. The van der Waals surface area contributed by atoms with Crippen LogP contribution in [0.3, 0.4) is 0 Å². The smallest absolute Gasteiger partial charge is 0.305 e. The normalized spacial score (nSPS) is 11.9. The predicted octanol–water partition coefficient (Wildman–Crippen LogP) is 0.526. The van der Waals surface area contributed by atoms with E-state index < -0.39 is 22.8 Å². The van der Waals surface area contributed by atoms with Gasteiger partial charge >= 0.3 is 5.97 Å². The van der Waals surface area contributed by atoms with Crippen molar-refractivity contribution in [3.8, 4) is 0 Å². The average molecular weight is 255 g/mol. The molecule has 0 saturated heterocycles. The van der Waals surface area contributed by atoms with E-state index in [1.165, 1.54) is 17.8 Å². The van der Waals surface area contributed by atoms with Crippen molar-refractivity contribution in [2.75, 3.05) is 0 Å². The molecule has 0 aliphatic carbocycles. The second-order valence-electron chi connectivity index (χ2n) is 3.92. The highest BCUT2D eigenvalue weighted by Gasteiger charge is 2.19. The van der Waals surface area contributed by atoms with Crippen LogP contribution in [0.5, 0.6) is 0 Å². The van der Waals surface area contributed by atoms with Crippen molar-refractivity contribution in [1.29, 1.82) is 0 Å². The van der Waals surface area contributed by atoms with Crippen LogP contribution in [-0.2, 0) is 11.8 Å². The molecule has 1 aromatic rings. The van der Waals surface area contributed by atoms with Gasteiger partial charge in [-0.2, -0.15) is 0 Å². The average Bonchev–Trinajstić information content (AvgIpc) is 2.58. The topological polar surface area (TPSA) is 114 Å². The van der Waals surface area contributed by atoms with E-state index in [0.29, 0.717) is 0 Å². The first-order chi connectivity index (χ1) is 8.31. The van der Waals surface area contributed by atoms with Gasteiger partial charge in [-0.05, 0) is 6.92 Å². The molecule has 2 N–H and O–H groups in total. The summed E-state index contributed by atoms with van der Waals surface area (Å²) in [4.78, 5) is 32.1. The molecule has 8 heteroatoms. The third kappa shape index (κ3) is 3.30. The number of aliphatic carboxylic acids is 1. The maximum Gasteiger partial charge on any atom is 0.305 e. The zero-order valence-corrected chi connectivity index (χ0v) is 9.91. The summed E-state index contributed by atoms with van der Waals surface area (Å²) in [5.74, 6) is -1.57. The van der Waals surface area contributed by atoms with Crippen molar-refractivity contribution in [3.63, 3.8) is 0 Å². The van der Waals surface area contributed by atoms with E-state index in [1.807, 2.05) is 0 Å². The minimum atomic E-state index is -1.03. The number of carboxylic acid groups (broad SMARTS) is 1. The van der Waals surface area contributed by atoms with Crippen LogP contribution >= 0.6 is 0 Å². The molecule has 8 nitrogen and oxygen atoms in total. The Balaban J connectivity index is 2.78. The fourth-order valence-corrected chi connectivity index (χ4v) is 1.48.